The van der Waals surface area contributed by atoms with Crippen molar-refractivity contribution in [3.05, 3.63) is 59.9 Å². The van der Waals surface area contributed by atoms with Gasteiger partial charge in [0, 0.05) is 29.6 Å². The van der Waals surface area contributed by atoms with Gasteiger partial charge in [-0.25, -0.2) is 0 Å². The van der Waals surface area contributed by atoms with E-state index in [1.54, 1.807) is 0 Å². The zero-order valence-corrected chi connectivity index (χ0v) is 12.1. The van der Waals surface area contributed by atoms with Crippen LogP contribution in [0.4, 0.5) is 0 Å². The van der Waals surface area contributed by atoms with Crippen molar-refractivity contribution in [2.24, 2.45) is 0 Å². The minimum absolute atomic E-state index is 0.960. The second kappa shape index (κ2) is 7.97. The van der Waals surface area contributed by atoms with Crippen molar-refractivity contribution in [2.75, 3.05) is 6.54 Å². The highest BCUT2D eigenvalue weighted by molar-refractivity contribution is 7.98. The first-order chi connectivity index (χ1) is 9.38. The minimum atomic E-state index is 0.960. The molecule has 0 radical (unpaired) electrons. The number of nitrogens with zero attached hydrogens (tertiary/aromatic N) is 1. The smallest absolute Gasteiger partial charge is 0.0308 e. The van der Waals surface area contributed by atoms with E-state index in [-0.39, 0.29) is 0 Å². The maximum Gasteiger partial charge on any atom is 0.0308 e. The van der Waals surface area contributed by atoms with E-state index in [9.17, 15) is 0 Å². The molecule has 3 heteroatoms. The van der Waals surface area contributed by atoms with E-state index in [0.717, 1.165) is 18.8 Å². The predicted octanol–water partition coefficient (Wildman–Crippen LogP) is 3.87. The van der Waals surface area contributed by atoms with E-state index in [1.165, 1.54) is 22.4 Å². The molecule has 0 fully saturated rings. The summed E-state index contributed by atoms with van der Waals surface area (Å²) in [5.74, 6) is 0.973. The van der Waals surface area contributed by atoms with Crippen LogP contribution in [0.3, 0.4) is 0 Å². The number of nitrogens with one attached hydrogen (secondary N) is 1. The molecule has 0 spiro atoms. The number of aromatic nitrogens is 1. The molecule has 0 atom stereocenters. The zero-order chi connectivity index (χ0) is 13.3. The monoisotopic (exact) mass is 272 g/mol. The third kappa shape index (κ3) is 5.05. The summed E-state index contributed by atoms with van der Waals surface area (Å²) in [7, 11) is 0. The number of thioether (sulfide) groups is 1. The second-order valence-electron chi connectivity index (χ2n) is 4.47. The summed E-state index contributed by atoms with van der Waals surface area (Å²) < 4.78 is 0. The Morgan fingerprint density at radius 2 is 1.95 bits per heavy atom. The normalized spacial score (nSPS) is 10.6. The Hall–Kier alpha value is -1.32. The SMILES string of the molecule is CCCNCc1ccc(SCc2cccnc2)cc1. The molecule has 0 saturated heterocycles. The fourth-order valence-corrected chi connectivity index (χ4v) is 2.60. The predicted molar refractivity (Wildman–Crippen MR) is 82.2 cm³/mol. The van der Waals surface area contributed by atoms with Crippen LogP contribution in [-0.2, 0) is 12.3 Å². The molecule has 0 aliphatic rings. The van der Waals surface area contributed by atoms with Gasteiger partial charge >= 0.3 is 0 Å². The van der Waals surface area contributed by atoms with Gasteiger partial charge in [-0.15, -0.1) is 11.8 Å². The summed E-state index contributed by atoms with van der Waals surface area (Å²) in [5.41, 5.74) is 2.61. The van der Waals surface area contributed by atoms with Crippen molar-refractivity contribution in [3.8, 4) is 0 Å². The molecule has 1 aromatic carbocycles. The molecule has 19 heavy (non-hydrogen) atoms. The van der Waals surface area contributed by atoms with Gasteiger partial charge in [0.05, 0.1) is 0 Å². The van der Waals surface area contributed by atoms with Gasteiger partial charge in [-0.2, -0.15) is 0 Å². The highest BCUT2D eigenvalue weighted by Gasteiger charge is 1.97. The van der Waals surface area contributed by atoms with Gasteiger partial charge < -0.3 is 5.32 Å². The molecule has 2 nitrogen and oxygen atoms in total. The summed E-state index contributed by atoms with van der Waals surface area (Å²) >= 11 is 1.85. The fraction of sp³-hybridized carbons (Fsp3) is 0.312. The topological polar surface area (TPSA) is 24.9 Å². The summed E-state index contributed by atoms with van der Waals surface area (Å²) in [6, 6.07) is 12.9. The van der Waals surface area contributed by atoms with Crippen LogP contribution in [0.1, 0.15) is 24.5 Å². The largest absolute Gasteiger partial charge is 0.313 e. The summed E-state index contributed by atoms with van der Waals surface area (Å²) in [6.07, 6.45) is 4.92. The lowest BCUT2D eigenvalue weighted by Crippen LogP contribution is -2.13. The minimum Gasteiger partial charge on any atom is -0.313 e. The van der Waals surface area contributed by atoms with Crippen LogP contribution < -0.4 is 5.32 Å². The van der Waals surface area contributed by atoms with E-state index in [2.05, 4.69) is 47.6 Å². The van der Waals surface area contributed by atoms with E-state index >= 15 is 0 Å². The molecule has 0 saturated carbocycles. The molecule has 2 rings (SSSR count). The lowest BCUT2D eigenvalue weighted by Gasteiger charge is -2.05. The van der Waals surface area contributed by atoms with Crippen LogP contribution in [0, 0.1) is 0 Å². The Kier molecular flexibility index (Phi) is 5.92. The molecule has 1 heterocycles. The van der Waals surface area contributed by atoms with Crippen LogP contribution in [0.2, 0.25) is 0 Å². The number of pyridine rings is 1. The first-order valence-electron chi connectivity index (χ1n) is 6.70. The van der Waals surface area contributed by atoms with Crippen LogP contribution in [0.5, 0.6) is 0 Å². The Labute approximate surface area is 119 Å². The summed E-state index contributed by atoms with van der Waals surface area (Å²) in [4.78, 5) is 5.44. The Balaban J connectivity index is 1.81. The quantitative estimate of drug-likeness (QED) is 0.612. The number of benzene rings is 1. The molecular formula is C16H20N2S. The molecular weight excluding hydrogens is 252 g/mol. The first kappa shape index (κ1) is 14.1. The van der Waals surface area contributed by atoms with Gasteiger partial charge in [0.1, 0.15) is 0 Å². The van der Waals surface area contributed by atoms with E-state index in [4.69, 9.17) is 0 Å². The molecule has 0 unspecified atom stereocenters. The third-order valence-electron chi connectivity index (χ3n) is 2.81. The summed E-state index contributed by atoms with van der Waals surface area (Å²) in [5, 5.41) is 3.41. The van der Waals surface area contributed by atoms with Crippen molar-refractivity contribution >= 4 is 11.8 Å². The lowest BCUT2D eigenvalue weighted by molar-refractivity contribution is 0.675. The fourth-order valence-electron chi connectivity index (χ4n) is 1.76. The molecule has 1 N–H and O–H groups in total. The third-order valence-corrected chi connectivity index (χ3v) is 3.89. The van der Waals surface area contributed by atoms with E-state index in [0.29, 0.717) is 0 Å². The number of rotatable bonds is 7. The maximum atomic E-state index is 4.13. The Morgan fingerprint density at radius 1 is 1.11 bits per heavy atom. The molecule has 0 bridgehead atoms. The van der Waals surface area contributed by atoms with Gasteiger partial charge in [-0.05, 0) is 42.3 Å². The molecule has 100 valence electrons. The van der Waals surface area contributed by atoms with Crippen molar-refractivity contribution in [1.82, 2.24) is 10.3 Å². The van der Waals surface area contributed by atoms with Crippen molar-refractivity contribution in [3.63, 3.8) is 0 Å². The van der Waals surface area contributed by atoms with Crippen LogP contribution in [-0.4, -0.2) is 11.5 Å². The van der Waals surface area contributed by atoms with E-state index < -0.39 is 0 Å². The average Bonchev–Trinajstić information content (AvgIpc) is 2.48. The van der Waals surface area contributed by atoms with Crippen LogP contribution in [0.15, 0.2) is 53.7 Å². The highest BCUT2D eigenvalue weighted by atomic mass is 32.2. The molecule has 1 aromatic heterocycles. The van der Waals surface area contributed by atoms with E-state index in [1.807, 2.05) is 30.2 Å². The molecule has 2 aromatic rings. The Bertz CT molecular complexity index is 468. The Morgan fingerprint density at radius 3 is 2.63 bits per heavy atom. The number of hydrogen-bond acceptors (Lipinski definition) is 3. The number of hydrogen-bond donors (Lipinski definition) is 1. The first-order valence-corrected chi connectivity index (χ1v) is 7.68. The summed E-state index contributed by atoms with van der Waals surface area (Å²) in [6.45, 7) is 4.23. The van der Waals surface area contributed by atoms with Crippen molar-refractivity contribution in [2.45, 2.75) is 30.5 Å². The van der Waals surface area contributed by atoms with Gasteiger partial charge in [0.2, 0.25) is 0 Å². The highest BCUT2D eigenvalue weighted by Crippen LogP contribution is 2.22. The molecule has 0 aliphatic heterocycles. The molecule has 0 aliphatic carbocycles. The van der Waals surface area contributed by atoms with Crippen molar-refractivity contribution < 1.29 is 0 Å². The van der Waals surface area contributed by atoms with Gasteiger partial charge in [0.15, 0.2) is 0 Å². The standard InChI is InChI=1S/C16H20N2S/c1-2-9-17-11-14-5-7-16(8-6-14)19-13-15-4-3-10-18-12-15/h3-8,10,12,17H,2,9,11,13H2,1H3. The van der Waals surface area contributed by atoms with Gasteiger partial charge in [-0.1, -0.05) is 25.1 Å². The second-order valence-corrected chi connectivity index (χ2v) is 5.52. The van der Waals surface area contributed by atoms with Crippen molar-refractivity contribution in [1.29, 1.82) is 0 Å². The van der Waals surface area contributed by atoms with Crippen LogP contribution in [0.25, 0.3) is 0 Å². The average molecular weight is 272 g/mol. The molecule has 0 amide bonds. The van der Waals surface area contributed by atoms with Gasteiger partial charge in [-0.3, -0.25) is 4.98 Å². The zero-order valence-electron chi connectivity index (χ0n) is 11.3. The lowest BCUT2D eigenvalue weighted by atomic mass is 10.2. The maximum absolute atomic E-state index is 4.13. The van der Waals surface area contributed by atoms with Gasteiger partial charge in [0.25, 0.3) is 0 Å². The van der Waals surface area contributed by atoms with Crippen LogP contribution >= 0.6 is 11.8 Å².